The molecule has 20 heavy (non-hydrogen) atoms. The number of carbonyl (C=O) groups is 1. The fourth-order valence-electron chi connectivity index (χ4n) is 2.01. The van der Waals surface area contributed by atoms with Crippen molar-refractivity contribution in [3.05, 3.63) is 59.3 Å². The summed E-state index contributed by atoms with van der Waals surface area (Å²) >= 11 is 0. The number of carbonyl (C=O) groups excluding carboxylic acids is 1. The average Bonchev–Trinajstić information content (AvgIpc) is 2.47. The van der Waals surface area contributed by atoms with Crippen LogP contribution in [0, 0.1) is 6.92 Å². The lowest BCUT2D eigenvalue weighted by Crippen LogP contribution is -2.18. The molecule has 104 valence electrons. The summed E-state index contributed by atoms with van der Waals surface area (Å²) in [5.74, 6) is 0.678. The number of ketones is 1. The lowest BCUT2D eigenvalue weighted by Gasteiger charge is -2.15. The van der Waals surface area contributed by atoms with Gasteiger partial charge in [0, 0.05) is 17.8 Å². The zero-order valence-electron chi connectivity index (χ0n) is 12.2. The first kappa shape index (κ1) is 14.3. The molecule has 1 N–H and O–H groups in total. The molecule has 0 fully saturated rings. The minimum Gasteiger partial charge on any atom is -0.367 e. The van der Waals surface area contributed by atoms with E-state index in [2.05, 4.69) is 24.1 Å². The molecule has 0 bridgehead atoms. The van der Waals surface area contributed by atoms with Gasteiger partial charge in [-0.1, -0.05) is 31.2 Å². The summed E-state index contributed by atoms with van der Waals surface area (Å²) in [5.41, 5.74) is 2.34. The number of aromatic nitrogens is 1. The average molecular weight is 268 g/mol. The quantitative estimate of drug-likeness (QED) is 0.838. The fraction of sp³-hybridized carbons (Fsp3) is 0.294. The van der Waals surface area contributed by atoms with Crippen LogP contribution in [-0.2, 0) is 0 Å². The first-order chi connectivity index (χ1) is 9.63. The molecule has 3 heteroatoms. The van der Waals surface area contributed by atoms with Crippen LogP contribution >= 0.6 is 0 Å². The number of rotatable bonds is 5. The highest BCUT2D eigenvalue weighted by Gasteiger charge is 2.16. The Morgan fingerprint density at radius 3 is 2.60 bits per heavy atom. The van der Waals surface area contributed by atoms with E-state index in [4.69, 9.17) is 0 Å². The smallest absolute Gasteiger partial charge is 0.197 e. The maximum Gasteiger partial charge on any atom is 0.197 e. The van der Waals surface area contributed by atoms with Gasteiger partial charge in [0.2, 0.25) is 0 Å². The molecule has 0 aliphatic rings. The highest BCUT2D eigenvalue weighted by molar-refractivity contribution is 6.12. The van der Waals surface area contributed by atoms with E-state index in [1.807, 2.05) is 37.3 Å². The van der Waals surface area contributed by atoms with Gasteiger partial charge in [-0.2, -0.15) is 0 Å². The monoisotopic (exact) mass is 268 g/mol. The normalized spacial score (nSPS) is 11.9. The molecule has 2 aromatic rings. The molecule has 0 spiro atoms. The van der Waals surface area contributed by atoms with Crippen molar-refractivity contribution >= 4 is 11.6 Å². The number of hydrogen-bond donors (Lipinski definition) is 1. The number of hydrogen-bond acceptors (Lipinski definition) is 3. The highest BCUT2D eigenvalue weighted by Crippen LogP contribution is 2.20. The third-order valence-electron chi connectivity index (χ3n) is 3.44. The SMILES string of the molecule is CCC(C)Nc1ncccc1C(=O)c1ccccc1C. The van der Waals surface area contributed by atoms with Gasteiger partial charge in [0.25, 0.3) is 0 Å². The van der Waals surface area contributed by atoms with Crippen molar-refractivity contribution in [2.24, 2.45) is 0 Å². The molecule has 0 saturated heterocycles. The number of anilines is 1. The Balaban J connectivity index is 2.38. The van der Waals surface area contributed by atoms with Crippen LogP contribution in [0.25, 0.3) is 0 Å². The summed E-state index contributed by atoms with van der Waals surface area (Å²) in [4.78, 5) is 17.0. The molecule has 1 aromatic heterocycles. The van der Waals surface area contributed by atoms with Crippen molar-refractivity contribution in [1.82, 2.24) is 4.98 Å². The third-order valence-corrected chi connectivity index (χ3v) is 3.44. The Bertz CT molecular complexity index is 607. The van der Waals surface area contributed by atoms with Gasteiger partial charge < -0.3 is 5.32 Å². The van der Waals surface area contributed by atoms with Crippen molar-refractivity contribution < 1.29 is 4.79 Å². The second kappa shape index (κ2) is 6.33. The second-order valence-corrected chi connectivity index (χ2v) is 5.00. The molecule has 3 nitrogen and oxygen atoms in total. The van der Waals surface area contributed by atoms with Gasteiger partial charge in [0.1, 0.15) is 5.82 Å². The van der Waals surface area contributed by atoms with E-state index in [1.165, 1.54) is 0 Å². The summed E-state index contributed by atoms with van der Waals surface area (Å²) in [7, 11) is 0. The van der Waals surface area contributed by atoms with Crippen LogP contribution < -0.4 is 5.32 Å². The molecule has 0 radical (unpaired) electrons. The molecule has 0 saturated carbocycles. The van der Waals surface area contributed by atoms with Crippen LogP contribution in [0.3, 0.4) is 0 Å². The van der Waals surface area contributed by atoms with E-state index in [0.717, 1.165) is 17.5 Å². The van der Waals surface area contributed by atoms with Crippen LogP contribution in [0.4, 0.5) is 5.82 Å². The first-order valence-corrected chi connectivity index (χ1v) is 6.95. The minimum atomic E-state index is 0.0157. The number of aryl methyl sites for hydroxylation is 1. The van der Waals surface area contributed by atoms with Crippen molar-refractivity contribution in [2.75, 3.05) is 5.32 Å². The van der Waals surface area contributed by atoms with Crippen LogP contribution in [0.2, 0.25) is 0 Å². The molecule has 1 heterocycles. The highest BCUT2D eigenvalue weighted by atomic mass is 16.1. The predicted octanol–water partition coefficient (Wildman–Crippen LogP) is 3.83. The first-order valence-electron chi connectivity index (χ1n) is 6.95. The Labute approximate surface area is 120 Å². The van der Waals surface area contributed by atoms with Crippen molar-refractivity contribution in [2.45, 2.75) is 33.2 Å². The van der Waals surface area contributed by atoms with E-state index < -0.39 is 0 Å². The number of nitrogens with one attached hydrogen (secondary N) is 1. The van der Waals surface area contributed by atoms with Crippen LogP contribution in [0.1, 0.15) is 41.8 Å². The standard InChI is InChI=1S/C17H20N2O/c1-4-13(3)19-17-15(10-7-11-18-17)16(20)14-9-6-5-8-12(14)2/h5-11,13H,4H2,1-3H3,(H,18,19). The Morgan fingerprint density at radius 2 is 1.90 bits per heavy atom. The summed E-state index contributed by atoms with van der Waals surface area (Å²) in [6.45, 7) is 6.13. The molecular weight excluding hydrogens is 248 g/mol. The summed E-state index contributed by atoms with van der Waals surface area (Å²) in [5, 5.41) is 3.30. The van der Waals surface area contributed by atoms with Gasteiger partial charge in [-0.3, -0.25) is 4.79 Å². The maximum absolute atomic E-state index is 12.7. The molecule has 0 aliphatic carbocycles. The van der Waals surface area contributed by atoms with Crippen LogP contribution in [0.5, 0.6) is 0 Å². The zero-order valence-corrected chi connectivity index (χ0v) is 12.2. The number of pyridine rings is 1. The number of benzene rings is 1. The topological polar surface area (TPSA) is 42.0 Å². The van der Waals surface area contributed by atoms with Gasteiger partial charge in [-0.15, -0.1) is 0 Å². The molecule has 1 unspecified atom stereocenters. The molecule has 2 rings (SSSR count). The van der Waals surface area contributed by atoms with Gasteiger partial charge in [-0.05, 0) is 38.0 Å². The van der Waals surface area contributed by atoms with Crippen molar-refractivity contribution in [3.8, 4) is 0 Å². The third kappa shape index (κ3) is 3.05. The molecule has 0 aliphatic heterocycles. The van der Waals surface area contributed by atoms with Crippen molar-refractivity contribution in [1.29, 1.82) is 0 Å². The minimum absolute atomic E-state index is 0.0157. The van der Waals surface area contributed by atoms with E-state index >= 15 is 0 Å². The van der Waals surface area contributed by atoms with Crippen molar-refractivity contribution in [3.63, 3.8) is 0 Å². The van der Waals surface area contributed by atoms with Gasteiger partial charge >= 0.3 is 0 Å². The van der Waals surface area contributed by atoms with E-state index in [9.17, 15) is 4.79 Å². The summed E-state index contributed by atoms with van der Waals surface area (Å²) < 4.78 is 0. The van der Waals surface area contributed by atoms with Crippen LogP contribution in [0.15, 0.2) is 42.6 Å². The van der Waals surface area contributed by atoms with Gasteiger partial charge in [0.15, 0.2) is 5.78 Å². The Hall–Kier alpha value is -2.16. The maximum atomic E-state index is 12.7. The zero-order chi connectivity index (χ0) is 14.5. The molecule has 0 amide bonds. The second-order valence-electron chi connectivity index (χ2n) is 5.00. The molecule has 1 aromatic carbocycles. The van der Waals surface area contributed by atoms with E-state index in [-0.39, 0.29) is 11.8 Å². The predicted molar refractivity (Wildman–Crippen MR) is 82.2 cm³/mol. The lowest BCUT2D eigenvalue weighted by molar-refractivity contribution is 0.103. The largest absolute Gasteiger partial charge is 0.367 e. The Morgan fingerprint density at radius 1 is 1.20 bits per heavy atom. The molecular formula is C17H20N2O. The lowest BCUT2D eigenvalue weighted by atomic mass is 9.99. The fourth-order valence-corrected chi connectivity index (χ4v) is 2.01. The van der Waals surface area contributed by atoms with Gasteiger partial charge in [0.05, 0.1) is 5.56 Å². The van der Waals surface area contributed by atoms with Gasteiger partial charge in [-0.25, -0.2) is 4.98 Å². The van der Waals surface area contributed by atoms with E-state index in [0.29, 0.717) is 11.4 Å². The summed E-state index contributed by atoms with van der Waals surface area (Å²) in [6, 6.07) is 11.5. The number of nitrogens with zero attached hydrogens (tertiary/aromatic N) is 1. The van der Waals surface area contributed by atoms with E-state index in [1.54, 1.807) is 12.3 Å². The molecule has 1 atom stereocenters. The summed E-state index contributed by atoms with van der Waals surface area (Å²) in [6.07, 6.45) is 2.69. The van der Waals surface area contributed by atoms with Crippen LogP contribution in [-0.4, -0.2) is 16.8 Å². The Kier molecular flexibility index (Phi) is 4.51.